The van der Waals surface area contributed by atoms with Crippen LogP contribution < -0.4 is 5.43 Å². The molecule has 0 saturated carbocycles. The maximum absolute atomic E-state index is 12.1. The first-order chi connectivity index (χ1) is 12.9. The molecule has 3 aromatic rings. The fourth-order valence-corrected chi connectivity index (χ4v) is 3.29. The molecule has 3 rings (SSSR count). The summed E-state index contributed by atoms with van der Waals surface area (Å²) in [5.41, 5.74) is 6.56. The van der Waals surface area contributed by atoms with Crippen LogP contribution in [0.5, 0.6) is 0 Å². The Kier molecular flexibility index (Phi) is 5.90. The van der Waals surface area contributed by atoms with Gasteiger partial charge < -0.3 is 4.57 Å². The topological polar surface area (TPSA) is 46.4 Å². The van der Waals surface area contributed by atoms with E-state index in [9.17, 15) is 4.79 Å². The summed E-state index contributed by atoms with van der Waals surface area (Å²) in [6.07, 6.45) is 1.60. The number of carbonyl (C=O) groups excluding carboxylic acids is 1. The van der Waals surface area contributed by atoms with E-state index in [0.29, 0.717) is 20.6 Å². The lowest BCUT2D eigenvalue weighted by Crippen LogP contribution is -2.17. The molecular formula is C20H16Cl3N3O. The second-order valence-corrected chi connectivity index (χ2v) is 7.16. The minimum absolute atomic E-state index is 0.311. The molecule has 0 radical (unpaired) electrons. The Morgan fingerprint density at radius 1 is 1.07 bits per heavy atom. The number of hydrogen-bond acceptors (Lipinski definition) is 2. The molecule has 1 amide bonds. The highest BCUT2D eigenvalue weighted by molar-refractivity contribution is 6.43. The van der Waals surface area contributed by atoms with Gasteiger partial charge in [-0.2, -0.15) is 5.10 Å². The van der Waals surface area contributed by atoms with Gasteiger partial charge in [-0.3, -0.25) is 4.79 Å². The number of carbonyl (C=O) groups is 1. The first kappa shape index (κ1) is 19.5. The van der Waals surface area contributed by atoms with Crippen LogP contribution in [0.25, 0.3) is 5.69 Å². The lowest BCUT2D eigenvalue weighted by Gasteiger charge is -2.12. The quantitative estimate of drug-likeness (QED) is 0.419. The van der Waals surface area contributed by atoms with Gasteiger partial charge in [0.05, 0.1) is 21.9 Å². The van der Waals surface area contributed by atoms with Gasteiger partial charge in [0.2, 0.25) is 0 Å². The molecule has 7 heteroatoms. The van der Waals surface area contributed by atoms with Crippen molar-refractivity contribution in [1.82, 2.24) is 9.99 Å². The zero-order chi connectivity index (χ0) is 19.6. The number of rotatable bonds is 4. The highest BCUT2D eigenvalue weighted by atomic mass is 35.5. The molecule has 0 bridgehead atoms. The highest BCUT2D eigenvalue weighted by Crippen LogP contribution is 2.31. The van der Waals surface area contributed by atoms with Crippen molar-refractivity contribution in [2.24, 2.45) is 5.10 Å². The predicted molar refractivity (Wildman–Crippen MR) is 112 cm³/mol. The summed E-state index contributed by atoms with van der Waals surface area (Å²) in [5, 5.41) is 5.61. The molecule has 2 aromatic carbocycles. The van der Waals surface area contributed by atoms with E-state index in [1.807, 2.05) is 36.6 Å². The SMILES string of the molecule is Cc1cc(/C=N\NC(=O)c2ccc(Cl)cc2)c(C)n1-c1cccc(Cl)c1Cl. The molecule has 0 aliphatic rings. The molecule has 0 fully saturated rings. The minimum Gasteiger partial charge on any atom is -0.316 e. The molecule has 138 valence electrons. The second kappa shape index (κ2) is 8.17. The maximum atomic E-state index is 12.1. The zero-order valence-corrected chi connectivity index (χ0v) is 16.9. The number of benzene rings is 2. The van der Waals surface area contributed by atoms with Crippen molar-refractivity contribution in [3.8, 4) is 5.69 Å². The van der Waals surface area contributed by atoms with Crippen LogP contribution in [0.2, 0.25) is 15.1 Å². The molecule has 0 atom stereocenters. The van der Waals surface area contributed by atoms with Crippen LogP contribution in [0.15, 0.2) is 53.6 Å². The van der Waals surface area contributed by atoms with Gasteiger partial charge in [0.15, 0.2) is 0 Å². The van der Waals surface area contributed by atoms with E-state index >= 15 is 0 Å². The number of nitrogens with one attached hydrogen (secondary N) is 1. The van der Waals surface area contributed by atoms with Crippen LogP contribution in [0.1, 0.15) is 27.3 Å². The number of halogens is 3. The Bertz CT molecular complexity index is 1020. The summed E-state index contributed by atoms with van der Waals surface area (Å²) in [4.78, 5) is 12.1. The van der Waals surface area contributed by atoms with Crippen LogP contribution >= 0.6 is 34.8 Å². The molecular weight excluding hydrogens is 405 g/mol. The van der Waals surface area contributed by atoms with Crippen molar-refractivity contribution in [3.05, 3.63) is 86.1 Å². The largest absolute Gasteiger partial charge is 0.316 e. The molecule has 0 saturated heterocycles. The molecule has 4 nitrogen and oxygen atoms in total. The molecule has 0 aliphatic carbocycles. The first-order valence-corrected chi connectivity index (χ1v) is 9.24. The Labute approximate surface area is 172 Å². The van der Waals surface area contributed by atoms with Crippen molar-refractivity contribution >= 4 is 46.9 Å². The van der Waals surface area contributed by atoms with Gasteiger partial charge in [-0.1, -0.05) is 40.9 Å². The van der Waals surface area contributed by atoms with Crippen LogP contribution in [0.3, 0.4) is 0 Å². The van der Waals surface area contributed by atoms with Gasteiger partial charge in [0.25, 0.3) is 5.91 Å². The molecule has 1 N–H and O–H groups in total. The van der Waals surface area contributed by atoms with Crippen LogP contribution in [0, 0.1) is 13.8 Å². The highest BCUT2D eigenvalue weighted by Gasteiger charge is 2.13. The average molecular weight is 421 g/mol. The summed E-state index contributed by atoms with van der Waals surface area (Å²) >= 11 is 18.3. The Hall–Kier alpha value is -2.27. The molecule has 1 aromatic heterocycles. The number of aryl methyl sites for hydroxylation is 1. The molecule has 27 heavy (non-hydrogen) atoms. The van der Waals surface area contributed by atoms with E-state index in [2.05, 4.69) is 10.5 Å². The third-order valence-corrected chi connectivity index (χ3v) is 5.18. The third-order valence-electron chi connectivity index (χ3n) is 4.12. The fourth-order valence-electron chi connectivity index (χ4n) is 2.78. The smallest absolute Gasteiger partial charge is 0.271 e. The van der Waals surface area contributed by atoms with E-state index in [1.165, 1.54) is 0 Å². The van der Waals surface area contributed by atoms with E-state index in [4.69, 9.17) is 34.8 Å². The van der Waals surface area contributed by atoms with Crippen molar-refractivity contribution < 1.29 is 4.79 Å². The van der Waals surface area contributed by atoms with Gasteiger partial charge in [-0.25, -0.2) is 5.43 Å². The summed E-state index contributed by atoms with van der Waals surface area (Å²) in [7, 11) is 0. The normalized spacial score (nSPS) is 11.1. The van der Waals surface area contributed by atoms with Crippen molar-refractivity contribution in [2.75, 3.05) is 0 Å². The number of nitrogens with zero attached hydrogens (tertiary/aromatic N) is 2. The van der Waals surface area contributed by atoms with Gasteiger partial charge in [-0.15, -0.1) is 0 Å². The lowest BCUT2D eigenvalue weighted by atomic mass is 10.2. The number of hydrazone groups is 1. The third kappa shape index (κ3) is 4.19. The monoisotopic (exact) mass is 419 g/mol. The predicted octanol–water partition coefficient (Wildman–Crippen LogP) is 5.82. The Morgan fingerprint density at radius 2 is 1.78 bits per heavy atom. The zero-order valence-electron chi connectivity index (χ0n) is 14.6. The van der Waals surface area contributed by atoms with Crippen LogP contribution in [-0.2, 0) is 0 Å². The van der Waals surface area contributed by atoms with Gasteiger partial charge in [0.1, 0.15) is 0 Å². The summed E-state index contributed by atoms with van der Waals surface area (Å²) in [6.45, 7) is 3.92. The van der Waals surface area contributed by atoms with Gasteiger partial charge in [-0.05, 0) is 56.3 Å². The number of amides is 1. The number of aromatic nitrogens is 1. The minimum atomic E-state index is -0.311. The van der Waals surface area contributed by atoms with Crippen molar-refractivity contribution in [1.29, 1.82) is 0 Å². The number of hydrogen-bond donors (Lipinski definition) is 1. The summed E-state index contributed by atoms with van der Waals surface area (Å²) in [6, 6.07) is 14.0. The summed E-state index contributed by atoms with van der Waals surface area (Å²) < 4.78 is 2.00. The van der Waals surface area contributed by atoms with E-state index in [-0.39, 0.29) is 5.91 Å². The Balaban J connectivity index is 1.82. The fraction of sp³-hybridized carbons (Fsp3) is 0.100. The molecule has 0 aliphatic heterocycles. The van der Waals surface area contributed by atoms with Crippen molar-refractivity contribution in [3.63, 3.8) is 0 Å². The average Bonchev–Trinajstić information content (AvgIpc) is 2.92. The second-order valence-electron chi connectivity index (χ2n) is 5.94. The summed E-state index contributed by atoms with van der Waals surface area (Å²) in [5.74, 6) is -0.311. The van der Waals surface area contributed by atoms with Crippen molar-refractivity contribution in [2.45, 2.75) is 13.8 Å². The van der Waals surface area contributed by atoms with Gasteiger partial charge >= 0.3 is 0 Å². The molecule has 0 spiro atoms. The molecule has 0 unspecified atom stereocenters. The lowest BCUT2D eigenvalue weighted by molar-refractivity contribution is 0.0955. The van der Waals surface area contributed by atoms with Crippen LogP contribution in [0.4, 0.5) is 0 Å². The van der Waals surface area contributed by atoms with Gasteiger partial charge in [0, 0.05) is 27.5 Å². The van der Waals surface area contributed by atoms with E-state index in [1.54, 1.807) is 36.5 Å². The Morgan fingerprint density at radius 3 is 2.48 bits per heavy atom. The standard InChI is InChI=1S/C20H16Cl3N3O/c1-12-10-15(11-24-25-20(27)14-6-8-16(21)9-7-14)13(2)26(12)18-5-3-4-17(22)19(18)23/h3-11H,1-2H3,(H,25,27)/b24-11-. The first-order valence-electron chi connectivity index (χ1n) is 8.11. The maximum Gasteiger partial charge on any atom is 0.271 e. The van der Waals surface area contributed by atoms with E-state index in [0.717, 1.165) is 22.6 Å². The van der Waals surface area contributed by atoms with Crippen LogP contribution in [-0.4, -0.2) is 16.7 Å². The molecule has 1 heterocycles. The van der Waals surface area contributed by atoms with E-state index < -0.39 is 0 Å².